The zero-order valence-corrected chi connectivity index (χ0v) is 20.4. The quantitative estimate of drug-likeness (QED) is 0.487. The first-order chi connectivity index (χ1) is 17.9. The number of nitrogens with two attached hydrogens (primary N) is 1. The lowest BCUT2D eigenvalue weighted by molar-refractivity contribution is -0.123. The van der Waals surface area contributed by atoms with E-state index in [0.717, 1.165) is 37.1 Å². The summed E-state index contributed by atoms with van der Waals surface area (Å²) in [7, 11) is 0. The second kappa shape index (κ2) is 10.4. The fourth-order valence-electron chi connectivity index (χ4n) is 4.91. The van der Waals surface area contributed by atoms with Gasteiger partial charge in [-0.15, -0.1) is 0 Å². The number of rotatable bonds is 7. The third kappa shape index (κ3) is 5.29. The summed E-state index contributed by atoms with van der Waals surface area (Å²) in [5.41, 5.74) is 9.31. The van der Waals surface area contributed by atoms with Crippen LogP contribution in [-0.2, 0) is 17.9 Å². The number of imide groups is 1. The number of hydrogen-bond donors (Lipinski definition) is 2. The van der Waals surface area contributed by atoms with Gasteiger partial charge in [0.15, 0.2) is 0 Å². The summed E-state index contributed by atoms with van der Waals surface area (Å²) in [4.78, 5) is 52.9. The Balaban J connectivity index is 1.16. The van der Waals surface area contributed by atoms with Crippen LogP contribution in [0.2, 0.25) is 0 Å². The molecule has 0 spiro atoms. The van der Waals surface area contributed by atoms with Crippen molar-refractivity contribution in [1.29, 1.82) is 0 Å². The number of fused-ring (bicyclic) bond motifs is 1. The van der Waals surface area contributed by atoms with Gasteiger partial charge in [-0.1, -0.05) is 36.4 Å². The van der Waals surface area contributed by atoms with E-state index in [1.54, 1.807) is 48.5 Å². The number of carbonyl (C=O) groups excluding carboxylic acids is 4. The van der Waals surface area contributed by atoms with Gasteiger partial charge < -0.3 is 11.1 Å². The Hall–Kier alpha value is -4.30. The molecule has 1 saturated heterocycles. The zero-order chi connectivity index (χ0) is 25.9. The lowest BCUT2D eigenvalue weighted by Crippen LogP contribution is -2.40. The van der Waals surface area contributed by atoms with Crippen molar-refractivity contribution in [2.75, 3.05) is 18.4 Å². The lowest BCUT2D eigenvalue weighted by Gasteiger charge is -2.31. The molecule has 2 aliphatic heterocycles. The van der Waals surface area contributed by atoms with Crippen LogP contribution in [0.25, 0.3) is 0 Å². The molecule has 37 heavy (non-hydrogen) atoms. The van der Waals surface area contributed by atoms with Crippen LogP contribution in [0.15, 0.2) is 72.8 Å². The lowest BCUT2D eigenvalue weighted by atomic mass is 9.97. The van der Waals surface area contributed by atoms with Gasteiger partial charge in [-0.3, -0.25) is 29.0 Å². The van der Waals surface area contributed by atoms with E-state index < -0.39 is 0 Å². The summed E-state index contributed by atoms with van der Waals surface area (Å²) in [6.07, 6.45) is 1.80. The predicted octanol–water partition coefficient (Wildman–Crippen LogP) is 3.43. The monoisotopic (exact) mass is 496 g/mol. The van der Waals surface area contributed by atoms with Crippen molar-refractivity contribution in [2.45, 2.75) is 25.9 Å². The second-order valence-electron chi connectivity index (χ2n) is 9.57. The van der Waals surface area contributed by atoms with E-state index in [1.807, 2.05) is 24.3 Å². The Morgan fingerprint density at radius 1 is 0.838 bits per heavy atom. The van der Waals surface area contributed by atoms with Gasteiger partial charge in [-0.05, 0) is 66.9 Å². The maximum atomic E-state index is 12.7. The number of carbonyl (C=O) groups is 4. The fraction of sp³-hybridized carbons (Fsp3) is 0.241. The third-order valence-corrected chi connectivity index (χ3v) is 6.96. The molecule has 0 bridgehead atoms. The molecule has 188 valence electrons. The van der Waals surface area contributed by atoms with Crippen LogP contribution < -0.4 is 11.1 Å². The van der Waals surface area contributed by atoms with Crippen LogP contribution in [0, 0.1) is 5.92 Å². The first-order valence-corrected chi connectivity index (χ1v) is 12.3. The SMILES string of the molecule is NC(=O)C1CCCN(Cc2ccc(NC(=O)c3ccc(CN4C(=O)c5ccccc5C4=O)cc3)cc2)C1. The first-order valence-electron chi connectivity index (χ1n) is 12.3. The standard InChI is InChI=1S/C29H28N4O4/c30-26(34)22-4-3-15-32(18-22)16-19-9-13-23(14-10-19)31-27(35)21-11-7-20(8-12-21)17-33-28(36)24-5-1-2-6-25(24)29(33)37/h1-2,5-14,22H,3-4,15-18H2,(H2,30,34)(H,31,35). The van der Waals surface area contributed by atoms with Gasteiger partial charge in [-0.2, -0.15) is 0 Å². The molecule has 0 aromatic heterocycles. The van der Waals surface area contributed by atoms with Crippen molar-refractivity contribution < 1.29 is 19.2 Å². The molecule has 3 aromatic rings. The first kappa shape index (κ1) is 24.4. The van der Waals surface area contributed by atoms with Crippen LogP contribution in [-0.4, -0.2) is 46.5 Å². The van der Waals surface area contributed by atoms with Crippen molar-refractivity contribution in [3.63, 3.8) is 0 Å². The molecule has 1 fully saturated rings. The van der Waals surface area contributed by atoms with Crippen molar-refractivity contribution in [3.05, 3.63) is 101 Å². The topological polar surface area (TPSA) is 113 Å². The highest BCUT2D eigenvalue weighted by atomic mass is 16.2. The minimum Gasteiger partial charge on any atom is -0.369 e. The highest BCUT2D eigenvalue weighted by Crippen LogP contribution is 2.24. The molecule has 8 nitrogen and oxygen atoms in total. The molecular weight excluding hydrogens is 468 g/mol. The number of hydrogen-bond acceptors (Lipinski definition) is 5. The van der Waals surface area contributed by atoms with Crippen LogP contribution in [0.1, 0.15) is 55.0 Å². The number of benzene rings is 3. The average Bonchev–Trinajstić information content (AvgIpc) is 3.15. The number of piperidine rings is 1. The van der Waals surface area contributed by atoms with Crippen LogP contribution in [0.5, 0.6) is 0 Å². The van der Waals surface area contributed by atoms with Crippen molar-refractivity contribution in [1.82, 2.24) is 9.80 Å². The summed E-state index contributed by atoms with van der Waals surface area (Å²) in [6.45, 7) is 2.49. The van der Waals surface area contributed by atoms with Gasteiger partial charge in [0.05, 0.1) is 23.6 Å². The molecule has 0 saturated carbocycles. The van der Waals surface area contributed by atoms with E-state index in [4.69, 9.17) is 5.73 Å². The van der Waals surface area contributed by atoms with Crippen molar-refractivity contribution >= 4 is 29.3 Å². The van der Waals surface area contributed by atoms with E-state index in [0.29, 0.717) is 28.9 Å². The normalized spacial score (nSPS) is 17.5. The zero-order valence-electron chi connectivity index (χ0n) is 20.4. The smallest absolute Gasteiger partial charge is 0.261 e. The van der Waals surface area contributed by atoms with Crippen molar-refractivity contribution in [3.8, 4) is 0 Å². The highest BCUT2D eigenvalue weighted by Gasteiger charge is 2.34. The molecule has 8 heteroatoms. The number of amides is 4. The maximum absolute atomic E-state index is 12.7. The summed E-state index contributed by atoms with van der Waals surface area (Å²) in [6, 6.07) is 21.3. The van der Waals surface area contributed by atoms with Gasteiger partial charge in [0, 0.05) is 24.3 Å². The van der Waals surface area contributed by atoms with Gasteiger partial charge in [-0.25, -0.2) is 0 Å². The molecule has 3 N–H and O–H groups in total. The van der Waals surface area contributed by atoms with Crippen LogP contribution in [0.3, 0.4) is 0 Å². The maximum Gasteiger partial charge on any atom is 0.261 e. The Labute approximate surface area is 215 Å². The van der Waals surface area contributed by atoms with Gasteiger partial charge in [0.2, 0.25) is 5.91 Å². The molecule has 0 radical (unpaired) electrons. The minimum atomic E-state index is -0.307. The highest BCUT2D eigenvalue weighted by molar-refractivity contribution is 6.21. The van der Waals surface area contributed by atoms with E-state index in [2.05, 4.69) is 10.2 Å². The Morgan fingerprint density at radius 3 is 2.05 bits per heavy atom. The van der Waals surface area contributed by atoms with Crippen LogP contribution in [0.4, 0.5) is 5.69 Å². The molecular formula is C29H28N4O4. The number of nitrogens with one attached hydrogen (secondary N) is 1. The van der Waals surface area contributed by atoms with E-state index in [9.17, 15) is 19.2 Å². The Morgan fingerprint density at radius 2 is 1.43 bits per heavy atom. The molecule has 2 aliphatic rings. The molecule has 3 aromatic carbocycles. The third-order valence-electron chi connectivity index (χ3n) is 6.96. The van der Waals surface area contributed by atoms with E-state index in [1.165, 1.54) is 4.90 Å². The molecule has 1 atom stereocenters. The number of primary amides is 1. The Kier molecular flexibility index (Phi) is 6.83. The summed E-state index contributed by atoms with van der Waals surface area (Å²) < 4.78 is 0. The number of likely N-dealkylation sites (tertiary alicyclic amines) is 1. The number of anilines is 1. The largest absolute Gasteiger partial charge is 0.369 e. The average molecular weight is 497 g/mol. The van der Waals surface area contributed by atoms with Crippen molar-refractivity contribution in [2.24, 2.45) is 11.7 Å². The molecule has 4 amide bonds. The van der Waals surface area contributed by atoms with Gasteiger partial charge in [0.1, 0.15) is 0 Å². The van der Waals surface area contributed by atoms with Gasteiger partial charge in [0.25, 0.3) is 17.7 Å². The summed E-state index contributed by atoms with van der Waals surface area (Å²) in [5.74, 6) is -1.19. The second-order valence-corrected chi connectivity index (χ2v) is 9.57. The summed E-state index contributed by atoms with van der Waals surface area (Å²) >= 11 is 0. The molecule has 0 aliphatic carbocycles. The molecule has 2 heterocycles. The Bertz CT molecular complexity index is 1320. The van der Waals surface area contributed by atoms with Gasteiger partial charge >= 0.3 is 0 Å². The molecule has 1 unspecified atom stereocenters. The van der Waals surface area contributed by atoms with E-state index >= 15 is 0 Å². The summed E-state index contributed by atoms with van der Waals surface area (Å²) in [5, 5.41) is 2.90. The predicted molar refractivity (Wildman–Crippen MR) is 139 cm³/mol. The van der Waals surface area contributed by atoms with E-state index in [-0.39, 0.29) is 36.1 Å². The number of nitrogens with zero attached hydrogens (tertiary/aromatic N) is 2. The fourth-order valence-corrected chi connectivity index (χ4v) is 4.91. The molecule has 5 rings (SSSR count). The van der Waals surface area contributed by atoms with Crippen LogP contribution >= 0.6 is 0 Å². The minimum absolute atomic E-state index is 0.0914.